The van der Waals surface area contributed by atoms with E-state index in [9.17, 15) is 4.79 Å². The Hall–Kier alpha value is -2.39. The van der Waals surface area contributed by atoms with E-state index < -0.39 is 0 Å². The molecule has 0 spiro atoms. The maximum absolute atomic E-state index is 12.5. The van der Waals surface area contributed by atoms with Crippen LogP contribution in [0.15, 0.2) is 54.6 Å². The van der Waals surface area contributed by atoms with Crippen LogP contribution in [0.25, 0.3) is 6.08 Å². The largest absolute Gasteiger partial charge is 0.338 e. The molecule has 0 radical (unpaired) electrons. The van der Waals surface area contributed by atoms with Gasteiger partial charge in [-0.2, -0.15) is 0 Å². The van der Waals surface area contributed by atoms with Gasteiger partial charge in [0.1, 0.15) is 0 Å². The number of carbonyl (C=O) groups excluding carboxylic acids is 1. The van der Waals surface area contributed by atoms with Gasteiger partial charge in [-0.1, -0.05) is 59.7 Å². The fourth-order valence-electron chi connectivity index (χ4n) is 3.25. The van der Waals surface area contributed by atoms with Gasteiger partial charge in [-0.3, -0.25) is 9.69 Å². The summed E-state index contributed by atoms with van der Waals surface area (Å²) in [6.07, 6.45) is 4.65. The number of carbonyl (C=O) groups is 1. The molecule has 1 aliphatic rings. The lowest BCUT2D eigenvalue weighted by molar-refractivity contribution is -0.125. The van der Waals surface area contributed by atoms with Crippen LogP contribution in [0, 0.1) is 13.8 Å². The predicted molar refractivity (Wildman–Crippen MR) is 108 cm³/mol. The first-order valence-electron chi connectivity index (χ1n) is 9.42. The van der Waals surface area contributed by atoms with Gasteiger partial charge in [0.2, 0.25) is 5.91 Å². The molecule has 3 rings (SSSR count). The minimum absolute atomic E-state index is 0.114. The normalized spacial score (nSPS) is 16.0. The van der Waals surface area contributed by atoms with E-state index in [-0.39, 0.29) is 5.91 Å². The average molecular weight is 348 g/mol. The molecule has 3 nitrogen and oxygen atoms in total. The fourth-order valence-corrected chi connectivity index (χ4v) is 3.25. The summed E-state index contributed by atoms with van der Waals surface area (Å²) >= 11 is 0. The summed E-state index contributed by atoms with van der Waals surface area (Å²) in [5.74, 6) is 0.114. The molecule has 3 heteroatoms. The molecule has 0 unspecified atom stereocenters. The summed E-state index contributed by atoms with van der Waals surface area (Å²) in [5.41, 5.74) is 4.94. The zero-order valence-electron chi connectivity index (χ0n) is 15.8. The number of benzene rings is 2. The molecule has 2 aromatic rings. The second-order valence-corrected chi connectivity index (χ2v) is 7.18. The minimum Gasteiger partial charge on any atom is -0.338 e. The van der Waals surface area contributed by atoms with Crippen molar-refractivity contribution >= 4 is 12.0 Å². The van der Waals surface area contributed by atoms with Gasteiger partial charge >= 0.3 is 0 Å². The molecule has 2 aromatic carbocycles. The molecule has 1 aliphatic heterocycles. The second-order valence-electron chi connectivity index (χ2n) is 7.18. The van der Waals surface area contributed by atoms with E-state index in [0.717, 1.165) is 44.7 Å². The van der Waals surface area contributed by atoms with Crippen LogP contribution in [0.1, 0.15) is 28.7 Å². The van der Waals surface area contributed by atoms with Crippen LogP contribution < -0.4 is 0 Å². The van der Waals surface area contributed by atoms with Gasteiger partial charge in [-0.25, -0.2) is 0 Å². The van der Waals surface area contributed by atoms with E-state index in [1.54, 1.807) is 6.08 Å². The first kappa shape index (κ1) is 18.4. The van der Waals surface area contributed by atoms with Gasteiger partial charge in [-0.15, -0.1) is 0 Å². The summed E-state index contributed by atoms with van der Waals surface area (Å²) in [6, 6.07) is 17.0. The zero-order chi connectivity index (χ0) is 18.4. The Morgan fingerprint density at radius 2 is 1.54 bits per heavy atom. The summed E-state index contributed by atoms with van der Waals surface area (Å²) in [6.45, 7) is 8.74. The van der Waals surface area contributed by atoms with Gasteiger partial charge in [0.05, 0.1) is 0 Å². The van der Waals surface area contributed by atoms with Crippen molar-refractivity contribution in [3.63, 3.8) is 0 Å². The number of hydrogen-bond acceptors (Lipinski definition) is 2. The minimum atomic E-state index is 0.114. The van der Waals surface area contributed by atoms with E-state index >= 15 is 0 Å². The molecular weight excluding hydrogens is 320 g/mol. The molecule has 0 saturated carbocycles. The van der Waals surface area contributed by atoms with Crippen LogP contribution in [0.5, 0.6) is 0 Å². The van der Waals surface area contributed by atoms with Crippen molar-refractivity contribution in [1.82, 2.24) is 9.80 Å². The molecule has 136 valence electrons. The first-order chi connectivity index (χ1) is 12.6. The number of hydrogen-bond donors (Lipinski definition) is 0. The van der Waals surface area contributed by atoms with E-state index in [0.29, 0.717) is 0 Å². The molecule has 0 N–H and O–H groups in total. The standard InChI is InChI=1S/C23H28N2O/c1-19-4-8-21(9-5-19)12-13-23(26)25-15-3-14-24(16-17-25)18-22-10-6-20(2)7-11-22/h4-13H,3,14-18H2,1-2H3/b13-12+. The molecular formula is C23H28N2O. The Labute approximate surface area is 156 Å². The Bertz CT molecular complexity index is 747. The highest BCUT2D eigenvalue weighted by Gasteiger charge is 2.17. The maximum atomic E-state index is 12.5. The van der Waals surface area contributed by atoms with Crippen molar-refractivity contribution in [3.8, 4) is 0 Å². The molecule has 0 aromatic heterocycles. The Morgan fingerprint density at radius 3 is 2.23 bits per heavy atom. The molecule has 1 saturated heterocycles. The quantitative estimate of drug-likeness (QED) is 0.778. The van der Waals surface area contributed by atoms with Crippen LogP contribution in [-0.2, 0) is 11.3 Å². The van der Waals surface area contributed by atoms with E-state index in [1.807, 2.05) is 23.1 Å². The van der Waals surface area contributed by atoms with Crippen molar-refractivity contribution in [1.29, 1.82) is 0 Å². The third-order valence-electron chi connectivity index (χ3n) is 4.92. The Morgan fingerprint density at radius 1 is 0.885 bits per heavy atom. The third kappa shape index (κ3) is 5.30. The summed E-state index contributed by atoms with van der Waals surface area (Å²) in [5, 5.41) is 0. The van der Waals surface area contributed by atoms with Gasteiger partial charge < -0.3 is 4.90 Å². The Balaban J connectivity index is 1.53. The summed E-state index contributed by atoms with van der Waals surface area (Å²) < 4.78 is 0. The Kier molecular flexibility index (Phi) is 6.24. The van der Waals surface area contributed by atoms with Crippen LogP contribution in [0.2, 0.25) is 0 Å². The number of nitrogens with zero attached hydrogens (tertiary/aromatic N) is 2. The molecule has 1 heterocycles. The first-order valence-corrected chi connectivity index (χ1v) is 9.42. The lowest BCUT2D eigenvalue weighted by Gasteiger charge is -2.21. The highest BCUT2D eigenvalue weighted by molar-refractivity contribution is 5.91. The lowest BCUT2D eigenvalue weighted by Crippen LogP contribution is -2.34. The average Bonchev–Trinajstić information content (AvgIpc) is 2.88. The van der Waals surface area contributed by atoms with Crippen LogP contribution in [0.4, 0.5) is 0 Å². The third-order valence-corrected chi connectivity index (χ3v) is 4.92. The molecule has 26 heavy (non-hydrogen) atoms. The maximum Gasteiger partial charge on any atom is 0.246 e. The molecule has 0 atom stereocenters. The van der Waals surface area contributed by atoms with Crippen LogP contribution in [0.3, 0.4) is 0 Å². The lowest BCUT2D eigenvalue weighted by atomic mass is 10.1. The van der Waals surface area contributed by atoms with Crippen molar-refractivity contribution < 1.29 is 4.79 Å². The summed E-state index contributed by atoms with van der Waals surface area (Å²) in [7, 11) is 0. The van der Waals surface area contributed by atoms with Crippen molar-refractivity contribution in [2.24, 2.45) is 0 Å². The molecule has 1 fully saturated rings. The molecule has 0 aliphatic carbocycles. The monoisotopic (exact) mass is 348 g/mol. The highest BCUT2D eigenvalue weighted by Crippen LogP contribution is 2.11. The van der Waals surface area contributed by atoms with E-state index in [1.165, 1.54) is 16.7 Å². The fraction of sp³-hybridized carbons (Fsp3) is 0.348. The topological polar surface area (TPSA) is 23.6 Å². The zero-order valence-corrected chi connectivity index (χ0v) is 15.8. The molecule has 1 amide bonds. The van der Waals surface area contributed by atoms with Gasteiger partial charge in [0, 0.05) is 38.8 Å². The number of rotatable bonds is 4. The smallest absolute Gasteiger partial charge is 0.246 e. The number of amides is 1. The van der Waals surface area contributed by atoms with Gasteiger partial charge in [0.25, 0.3) is 0 Å². The molecule has 0 bridgehead atoms. The van der Waals surface area contributed by atoms with Crippen molar-refractivity contribution in [3.05, 3.63) is 76.9 Å². The highest BCUT2D eigenvalue weighted by atomic mass is 16.2. The SMILES string of the molecule is Cc1ccc(/C=C/C(=O)N2CCCN(Cc3ccc(C)cc3)CC2)cc1. The number of aryl methyl sites for hydroxylation is 2. The second kappa shape index (κ2) is 8.81. The van der Waals surface area contributed by atoms with Crippen molar-refractivity contribution in [2.75, 3.05) is 26.2 Å². The van der Waals surface area contributed by atoms with Gasteiger partial charge in [-0.05, 0) is 37.5 Å². The van der Waals surface area contributed by atoms with Crippen molar-refractivity contribution in [2.45, 2.75) is 26.8 Å². The van der Waals surface area contributed by atoms with Gasteiger partial charge in [0.15, 0.2) is 0 Å². The van der Waals surface area contributed by atoms with E-state index in [2.05, 4.69) is 55.1 Å². The van der Waals surface area contributed by atoms with Crippen LogP contribution in [-0.4, -0.2) is 41.9 Å². The predicted octanol–water partition coefficient (Wildman–Crippen LogP) is 4.05. The summed E-state index contributed by atoms with van der Waals surface area (Å²) in [4.78, 5) is 16.9. The van der Waals surface area contributed by atoms with Crippen LogP contribution >= 0.6 is 0 Å². The van der Waals surface area contributed by atoms with E-state index in [4.69, 9.17) is 0 Å².